The summed E-state index contributed by atoms with van der Waals surface area (Å²) in [6, 6.07) is 11.6. The second-order valence-corrected chi connectivity index (χ2v) is 7.47. The van der Waals surface area contributed by atoms with E-state index in [-0.39, 0.29) is 5.91 Å². The fourth-order valence-electron chi connectivity index (χ4n) is 3.55. The fourth-order valence-corrected chi connectivity index (χ4v) is 3.71. The number of carbonyl (C=O) groups excluding carboxylic acids is 1. The van der Waals surface area contributed by atoms with Gasteiger partial charge in [-0.3, -0.25) is 9.20 Å². The number of halogens is 1. The Kier molecular flexibility index (Phi) is 6.40. The molecule has 3 aromatic rings. The third-order valence-corrected chi connectivity index (χ3v) is 5.30. The molecule has 1 aliphatic heterocycles. The van der Waals surface area contributed by atoms with E-state index in [1.165, 1.54) is 0 Å². The van der Waals surface area contributed by atoms with E-state index in [9.17, 15) is 4.79 Å². The summed E-state index contributed by atoms with van der Waals surface area (Å²) in [6.07, 6.45) is 2.37. The van der Waals surface area contributed by atoms with E-state index in [0.717, 1.165) is 43.4 Å². The smallest absolute Gasteiger partial charge is 0.270 e. The maximum atomic E-state index is 12.8. The van der Waals surface area contributed by atoms with Crippen LogP contribution in [0.4, 0.5) is 5.69 Å². The lowest BCUT2D eigenvalue weighted by atomic mass is 10.2. The predicted molar refractivity (Wildman–Crippen MR) is 117 cm³/mol. The van der Waals surface area contributed by atoms with Gasteiger partial charge >= 0.3 is 0 Å². The molecule has 2 aromatic heterocycles. The number of amides is 1. The normalized spacial score (nSPS) is 14.1. The summed E-state index contributed by atoms with van der Waals surface area (Å²) in [5.74, 6) is 0.588. The van der Waals surface area contributed by atoms with E-state index in [4.69, 9.17) is 21.1 Å². The standard InChI is InChI=1S/C22H25ClN4O3/c1-2-19-21(27-15-16(23)3-8-20(27)25-19)22(28)24-9-12-30-18-6-4-17(5-7-18)26-10-13-29-14-11-26/h3-8,15H,2,9-14H2,1H3,(H,24,28). The predicted octanol–water partition coefficient (Wildman–Crippen LogP) is 3.20. The highest BCUT2D eigenvalue weighted by Gasteiger charge is 2.18. The fraction of sp³-hybridized carbons (Fsp3) is 0.364. The van der Waals surface area contributed by atoms with Crippen LogP contribution in [0, 0.1) is 0 Å². The molecule has 1 aromatic carbocycles. The van der Waals surface area contributed by atoms with Gasteiger partial charge in [-0.05, 0) is 42.8 Å². The maximum Gasteiger partial charge on any atom is 0.270 e. The van der Waals surface area contributed by atoms with Gasteiger partial charge in [-0.15, -0.1) is 0 Å². The van der Waals surface area contributed by atoms with Crippen LogP contribution in [-0.2, 0) is 11.2 Å². The van der Waals surface area contributed by atoms with Crippen molar-refractivity contribution >= 4 is 28.8 Å². The molecule has 0 spiro atoms. The van der Waals surface area contributed by atoms with Crippen LogP contribution >= 0.6 is 11.6 Å². The first kappa shape index (κ1) is 20.5. The Bertz CT molecular complexity index is 1010. The molecule has 0 bridgehead atoms. The minimum absolute atomic E-state index is 0.187. The number of aryl methyl sites for hydroxylation is 1. The zero-order valence-electron chi connectivity index (χ0n) is 16.9. The number of pyridine rings is 1. The number of benzene rings is 1. The zero-order chi connectivity index (χ0) is 20.9. The second kappa shape index (κ2) is 9.36. The first-order valence-corrected chi connectivity index (χ1v) is 10.5. The van der Waals surface area contributed by atoms with Crippen molar-refractivity contribution in [1.82, 2.24) is 14.7 Å². The molecule has 0 aliphatic carbocycles. The second-order valence-electron chi connectivity index (χ2n) is 7.03. The van der Waals surface area contributed by atoms with E-state index in [1.807, 2.05) is 25.1 Å². The van der Waals surface area contributed by atoms with E-state index in [1.54, 1.807) is 16.7 Å². The number of anilines is 1. The van der Waals surface area contributed by atoms with Gasteiger partial charge in [0.05, 0.1) is 30.5 Å². The SMILES string of the molecule is CCc1nc2ccc(Cl)cn2c1C(=O)NCCOc1ccc(N2CCOCC2)cc1. The molecule has 8 heteroatoms. The number of imidazole rings is 1. The Hall–Kier alpha value is -2.77. The molecule has 30 heavy (non-hydrogen) atoms. The average Bonchev–Trinajstić information content (AvgIpc) is 3.15. The highest BCUT2D eigenvalue weighted by Crippen LogP contribution is 2.20. The quantitative estimate of drug-likeness (QED) is 0.585. The van der Waals surface area contributed by atoms with Gasteiger partial charge in [0.2, 0.25) is 0 Å². The number of carbonyl (C=O) groups is 1. The minimum Gasteiger partial charge on any atom is -0.492 e. The highest BCUT2D eigenvalue weighted by atomic mass is 35.5. The summed E-state index contributed by atoms with van der Waals surface area (Å²) in [7, 11) is 0. The van der Waals surface area contributed by atoms with Crippen LogP contribution in [0.3, 0.4) is 0 Å². The number of rotatable bonds is 7. The van der Waals surface area contributed by atoms with Crippen molar-refractivity contribution in [2.24, 2.45) is 0 Å². The van der Waals surface area contributed by atoms with Gasteiger partial charge in [0.15, 0.2) is 0 Å². The van der Waals surface area contributed by atoms with E-state index < -0.39 is 0 Å². The van der Waals surface area contributed by atoms with Crippen molar-refractivity contribution < 1.29 is 14.3 Å². The average molecular weight is 429 g/mol. The van der Waals surface area contributed by atoms with Crippen molar-refractivity contribution in [1.29, 1.82) is 0 Å². The topological polar surface area (TPSA) is 68.1 Å². The molecule has 1 saturated heterocycles. The summed E-state index contributed by atoms with van der Waals surface area (Å²) >= 11 is 6.09. The van der Waals surface area contributed by atoms with Crippen LogP contribution in [0.25, 0.3) is 5.65 Å². The van der Waals surface area contributed by atoms with E-state index >= 15 is 0 Å². The lowest BCUT2D eigenvalue weighted by molar-refractivity contribution is 0.0940. The molecule has 3 heterocycles. The Morgan fingerprint density at radius 2 is 1.97 bits per heavy atom. The van der Waals surface area contributed by atoms with Gasteiger partial charge in [-0.25, -0.2) is 4.98 Å². The minimum atomic E-state index is -0.187. The number of hydrogen-bond acceptors (Lipinski definition) is 5. The first-order chi connectivity index (χ1) is 14.7. The molecule has 0 unspecified atom stereocenters. The summed E-state index contributed by atoms with van der Waals surface area (Å²) in [5, 5.41) is 3.47. The number of nitrogens with zero attached hydrogens (tertiary/aromatic N) is 3. The number of morpholine rings is 1. The summed E-state index contributed by atoms with van der Waals surface area (Å²) < 4.78 is 12.9. The Labute approximate surface area is 180 Å². The van der Waals surface area contributed by atoms with Gasteiger partial charge in [0.25, 0.3) is 5.91 Å². The Morgan fingerprint density at radius 1 is 1.20 bits per heavy atom. The van der Waals surface area contributed by atoms with Gasteiger partial charge in [0.1, 0.15) is 23.7 Å². The van der Waals surface area contributed by atoms with Gasteiger partial charge in [0, 0.05) is 25.0 Å². The molecular weight excluding hydrogens is 404 g/mol. The monoisotopic (exact) mass is 428 g/mol. The number of aromatic nitrogens is 2. The number of nitrogens with one attached hydrogen (secondary N) is 1. The van der Waals surface area contributed by atoms with Crippen LogP contribution in [0.15, 0.2) is 42.6 Å². The van der Waals surface area contributed by atoms with Crippen LogP contribution in [0.5, 0.6) is 5.75 Å². The lowest BCUT2D eigenvalue weighted by Gasteiger charge is -2.28. The van der Waals surface area contributed by atoms with Crippen molar-refractivity contribution in [2.45, 2.75) is 13.3 Å². The molecule has 4 rings (SSSR count). The largest absolute Gasteiger partial charge is 0.492 e. The van der Waals surface area contributed by atoms with Crippen molar-refractivity contribution in [3.8, 4) is 5.75 Å². The van der Waals surface area contributed by atoms with E-state index in [0.29, 0.717) is 35.9 Å². The summed E-state index contributed by atoms with van der Waals surface area (Å²) in [6.45, 7) is 6.07. The van der Waals surface area contributed by atoms with Crippen molar-refractivity contribution in [3.05, 3.63) is 59.0 Å². The van der Waals surface area contributed by atoms with Crippen LogP contribution in [0.1, 0.15) is 23.1 Å². The lowest BCUT2D eigenvalue weighted by Crippen LogP contribution is -2.36. The van der Waals surface area contributed by atoms with Crippen LogP contribution in [0.2, 0.25) is 5.02 Å². The first-order valence-electron chi connectivity index (χ1n) is 10.2. The molecule has 0 saturated carbocycles. The van der Waals surface area contributed by atoms with E-state index in [2.05, 4.69) is 27.3 Å². The molecule has 0 atom stereocenters. The van der Waals surface area contributed by atoms with Crippen molar-refractivity contribution in [2.75, 3.05) is 44.4 Å². The Balaban J connectivity index is 1.32. The molecule has 1 fully saturated rings. The Morgan fingerprint density at radius 3 is 2.70 bits per heavy atom. The zero-order valence-corrected chi connectivity index (χ0v) is 17.7. The highest BCUT2D eigenvalue weighted by molar-refractivity contribution is 6.30. The molecule has 1 N–H and O–H groups in total. The molecule has 7 nitrogen and oxygen atoms in total. The van der Waals surface area contributed by atoms with Gasteiger partial charge < -0.3 is 19.7 Å². The van der Waals surface area contributed by atoms with Gasteiger partial charge in [-0.1, -0.05) is 18.5 Å². The van der Waals surface area contributed by atoms with Crippen LogP contribution < -0.4 is 15.0 Å². The number of fused-ring (bicyclic) bond motifs is 1. The summed E-state index contributed by atoms with van der Waals surface area (Å²) in [4.78, 5) is 19.6. The molecule has 158 valence electrons. The maximum absolute atomic E-state index is 12.8. The molecule has 1 aliphatic rings. The van der Waals surface area contributed by atoms with Gasteiger partial charge in [-0.2, -0.15) is 0 Å². The van der Waals surface area contributed by atoms with Crippen LogP contribution in [-0.4, -0.2) is 54.7 Å². The summed E-state index contributed by atoms with van der Waals surface area (Å²) in [5.41, 5.74) is 3.13. The third kappa shape index (κ3) is 4.52. The molecule has 0 radical (unpaired) electrons. The third-order valence-electron chi connectivity index (χ3n) is 5.07. The van der Waals surface area contributed by atoms with Crippen molar-refractivity contribution in [3.63, 3.8) is 0 Å². The molecule has 1 amide bonds. The number of ether oxygens (including phenoxy) is 2. The molecular formula is C22H25ClN4O3. The number of hydrogen-bond donors (Lipinski definition) is 1.